The molecule has 0 saturated carbocycles. The van der Waals surface area contributed by atoms with Crippen molar-refractivity contribution in [3.63, 3.8) is 0 Å². The van der Waals surface area contributed by atoms with Crippen LogP contribution in [-0.2, 0) is 4.79 Å². The third kappa shape index (κ3) is 5.94. The van der Waals surface area contributed by atoms with Gasteiger partial charge in [-0.25, -0.2) is 5.43 Å². The molecular weight excluding hydrogens is 432 g/mol. The molecule has 0 radical (unpaired) electrons. The van der Waals surface area contributed by atoms with E-state index in [0.717, 1.165) is 0 Å². The Morgan fingerprint density at radius 3 is 2.45 bits per heavy atom. The van der Waals surface area contributed by atoms with Gasteiger partial charge in [0.05, 0.1) is 31.9 Å². The lowest BCUT2D eigenvalue weighted by atomic mass is 10.1. The van der Waals surface area contributed by atoms with Crippen molar-refractivity contribution in [2.45, 2.75) is 0 Å². The van der Waals surface area contributed by atoms with Crippen LogP contribution >= 0.6 is 0 Å². The Hall–Kier alpha value is -4.67. The van der Waals surface area contributed by atoms with Crippen molar-refractivity contribution in [3.05, 3.63) is 76.0 Å². The van der Waals surface area contributed by atoms with E-state index in [-0.39, 0.29) is 12.2 Å². The summed E-state index contributed by atoms with van der Waals surface area (Å²) in [7, 11) is 2.94. The van der Waals surface area contributed by atoms with Gasteiger partial charge in [-0.05, 0) is 42.5 Å². The topological polar surface area (TPSA) is 145 Å². The van der Waals surface area contributed by atoms with Crippen molar-refractivity contribution in [2.75, 3.05) is 20.8 Å². The van der Waals surface area contributed by atoms with Crippen LogP contribution in [0.2, 0.25) is 0 Å². The lowest BCUT2D eigenvalue weighted by Gasteiger charge is -2.09. The first-order valence-corrected chi connectivity index (χ1v) is 9.58. The van der Waals surface area contributed by atoms with Crippen LogP contribution in [-0.4, -0.2) is 43.7 Å². The molecule has 1 heterocycles. The third-order valence-corrected chi connectivity index (χ3v) is 4.43. The number of hydrogen-bond acceptors (Lipinski definition) is 8. The second-order valence-corrected chi connectivity index (χ2v) is 6.55. The molecule has 2 amide bonds. The summed E-state index contributed by atoms with van der Waals surface area (Å²) in [5.74, 6) is 0.718. The van der Waals surface area contributed by atoms with Gasteiger partial charge in [0.25, 0.3) is 17.5 Å². The van der Waals surface area contributed by atoms with Gasteiger partial charge in [0, 0.05) is 23.3 Å². The van der Waals surface area contributed by atoms with Gasteiger partial charge in [-0.15, -0.1) is 0 Å². The van der Waals surface area contributed by atoms with E-state index in [1.165, 1.54) is 38.6 Å². The van der Waals surface area contributed by atoms with E-state index in [9.17, 15) is 19.7 Å². The number of carbonyl (C=O) groups excluding carboxylic acids is 2. The molecule has 0 unspecified atom stereocenters. The summed E-state index contributed by atoms with van der Waals surface area (Å²) in [6.07, 6.45) is 1.29. The first-order chi connectivity index (χ1) is 15.9. The standard InChI is InChI=1S/C22H20N4O7/c1-31-19-9-5-15(11-20(19)32-2)22(28)23-13-21(27)25-24-12-17-8-10-18(33-17)14-3-6-16(7-4-14)26(29)30/h3-12H,13H2,1-2H3,(H,23,28)(H,25,27)/b24-12-. The lowest BCUT2D eigenvalue weighted by Crippen LogP contribution is -2.34. The van der Waals surface area contributed by atoms with E-state index in [2.05, 4.69) is 15.8 Å². The maximum atomic E-state index is 12.2. The zero-order valence-electron chi connectivity index (χ0n) is 17.7. The Labute approximate surface area is 188 Å². The van der Waals surface area contributed by atoms with Crippen molar-refractivity contribution in [2.24, 2.45) is 5.10 Å². The number of amides is 2. The van der Waals surface area contributed by atoms with Crippen molar-refractivity contribution in [1.82, 2.24) is 10.7 Å². The molecule has 0 fully saturated rings. The van der Waals surface area contributed by atoms with Crippen LogP contribution in [0.25, 0.3) is 11.3 Å². The summed E-state index contributed by atoms with van der Waals surface area (Å²) < 4.78 is 15.9. The number of nitrogens with zero attached hydrogens (tertiary/aromatic N) is 2. The molecule has 0 aliphatic carbocycles. The maximum Gasteiger partial charge on any atom is 0.269 e. The van der Waals surface area contributed by atoms with Gasteiger partial charge in [0.2, 0.25) is 0 Å². The van der Waals surface area contributed by atoms with E-state index in [0.29, 0.717) is 34.1 Å². The fraction of sp³-hybridized carbons (Fsp3) is 0.136. The minimum Gasteiger partial charge on any atom is -0.493 e. The summed E-state index contributed by atoms with van der Waals surface area (Å²) in [6.45, 7) is -0.295. The second-order valence-electron chi connectivity index (χ2n) is 6.55. The Balaban J connectivity index is 1.50. The average Bonchev–Trinajstić information content (AvgIpc) is 3.31. The van der Waals surface area contributed by atoms with Gasteiger partial charge in [-0.3, -0.25) is 19.7 Å². The van der Waals surface area contributed by atoms with Crippen LogP contribution in [0.5, 0.6) is 11.5 Å². The smallest absolute Gasteiger partial charge is 0.269 e. The van der Waals surface area contributed by atoms with E-state index >= 15 is 0 Å². The molecule has 11 heteroatoms. The largest absolute Gasteiger partial charge is 0.493 e. The molecule has 0 saturated heterocycles. The molecule has 0 spiro atoms. The lowest BCUT2D eigenvalue weighted by molar-refractivity contribution is -0.384. The van der Waals surface area contributed by atoms with Gasteiger partial charge < -0.3 is 19.2 Å². The van der Waals surface area contributed by atoms with Gasteiger partial charge in [0.1, 0.15) is 11.5 Å². The zero-order valence-corrected chi connectivity index (χ0v) is 17.7. The fourth-order valence-electron chi connectivity index (χ4n) is 2.77. The van der Waals surface area contributed by atoms with Crippen molar-refractivity contribution < 1.29 is 28.4 Å². The molecule has 0 atom stereocenters. The minimum absolute atomic E-state index is 0.0203. The van der Waals surface area contributed by atoms with Crippen LogP contribution in [0, 0.1) is 10.1 Å². The predicted molar refractivity (Wildman–Crippen MR) is 118 cm³/mol. The zero-order chi connectivity index (χ0) is 23.8. The molecule has 3 aromatic rings. The molecular formula is C22H20N4O7. The molecule has 1 aromatic heterocycles. The fourth-order valence-corrected chi connectivity index (χ4v) is 2.77. The number of hydrazone groups is 1. The van der Waals surface area contributed by atoms with Crippen LogP contribution in [0.4, 0.5) is 5.69 Å². The normalized spacial score (nSPS) is 10.6. The number of methoxy groups -OCH3 is 2. The highest BCUT2D eigenvalue weighted by Crippen LogP contribution is 2.27. The van der Waals surface area contributed by atoms with Crippen LogP contribution in [0.15, 0.2) is 64.1 Å². The number of nitro groups is 1. The molecule has 11 nitrogen and oxygen atoms in total. The first kappa shape index (κ1) is 23.0. The van der Waals surface area contributed by atoms with Crippen molar-refractivity contribution in [3.8, 4) is 22.8 Å². The number of non-ortho nitro benzene ring substituents is 1. The van der Waals surface area contributed by atoms with E-state index in [1.807, 2.05) is 0 Å². The number of benzene rings is 2. The summed E-state index contributed by atoms with van der Waals surface area (Å²) in [4.78, 5) is 34.4. The average molecular weight is 452 g/mol. The molecule has 2 aromatic carbocycles. The molecule has 0 bridgehead atoms. The highest BCUT2D eigenvalue weighted by molar-refractivity contribution is 5.97. The number of nitrogens with one attached hydrogen (secondary N) is 2. The van der Waals surface area contributed by atoms with Gasteiger partial charge in [-0.2, -0.15) is 5.10 Å². The van der Waals surface area contributed by atoms with E-state index < -0.39 is 16.7 Å². The highest BCUT2D eigenvalue weighted by atomic mass is 16.6. The number of ether oxygens (including phenoxy) is 2. The van der Waals surface area contributed by atoms with E-state index in [1.54, 1.807) is 36.4 Å². The Morgan fingerprint density at radius 2 is 1.79 bits per heavy atom. The van der Waals surface area contributed by atoms with Crippen LogP contribution in [0.1, 0.15) is 16.1 Å². The van der Waals surface area contributed by atoms with Crippen LogP contribution in [0.3, 0.4) is 0 Å². The molecule has 0 aliphatic rings. The number of hydrogen-bond donors (Lipinski definition) is 2. The van der Waals surface area contributed by atoms with Crippen LogP contribution < -0.4 is 20.2 Å². The van der Waals surface area contributed by atoms with Gasteiger partial charge in [-0.1, -0.05) is 0 Å². The Kier molecular flexibility index (Phi) is 7.37. The SMILES string of the molecule is COc1ccc(C(=O)NCC(=O)N/N=C\c2ccc(-c3ccc([N+](=O)[O-])cc3)o2)cc1OC. The molecule has 2 N–H and O–H groups in total. The second kappa shape index (κ2) is 10.6. The summed E-state index contributed by atoms with van der Waals surface area (Å²) >= 11 is 0. The van der Waals surface area contributed by atoms with Gasteiger partial charge >= 0.3 is 0 Å². The highest BCUT2D eigenvalue weighted by Gasteiger charge is 2.12. The first-order valence-electron chi connectivity index (χ1n) is 9.58. The van der Waals surface area contributed by atoms with Crippen molar-refractivity contribution in [1.29, 1.82) is 0 Å². The molecule has 0 aliphatic heterocycles. The number of rotatable bonds is 9. The summed E-state index contributed by atoms with van der Waals surface area (Å²) in [5, 5.41) is 17.0. The third-order valence-electron chi connectivity index (χ3n) is 4.43. The number of carbonyl (C=O) groups is 2. The van der Waals surface area contributed by atoms with E-state index in [4.69, 9.17) is 13.9 Å². The monoisotopic (exact) mass is 452 g/mol. The minimum atomic E-state index is -0.540. The van der Waals surface area contributed by atoms with Crippen molar-refractivity contribution >= 4 is 23.7 Å². The molecule has 170 valence electrons. The molecule has 3 rings (SSSR count). The quantitative estimate of drug-likeness (QED) is 0.288. The Morgan fingerprint density at radius 1 is 1.06 bits per heavy atom. The summed E-state index contributed by atoms with van der Waals surface area (Å²) in [6, 6.07) is 13.8. The summed E-state index contributed by atoms with van der Waals surface area (Å²) in [5.41, 5.74) is 3.22. The predicted octanol–water partition coefficient (Wildman–Crippen LogP) is 2.75. The Bertz CT molecular complexity index is 1190. The maximum absolute atomic E-state index is 12.2. The van der Waals surface area contributed by atoms with Gasteiger partial charge in [0.15, 0.2) is 11.5 Å². The number of furan rings is 1. The number of nitro benzene ring substituents is 1. The molecule has 33 heavy (non-hydrogen) atoms.